The Labute approximate surface area is 206 Å². The molecule has 4 rings (SSSR count). The summed E-state index contributed by atoms with van der Waals surface area (Å²) >= 11 is 0. The van der Waals surface area contributed by atoms with Gasteiger partial charge in [0.25, 0.3) is 0 Å². The highest BCUT2D eigenvalue weighted by Gasteiger charge is 2.36. The van der Waals surface area contributed by atoms with Crippen molar-refractivity contribution >= 4 is 17.3 Å². The number of carboxylic acids is 1. The number of aliphatic carboxylic acids is 1. The second kappa shape index (κ2) is 10.7. The van der Waals surface area contributed by atoms with E-state index in [0.717, 1.165) is 11.4 Å². The van der Waals surface area contributed by atoms with Crippen LogP contribution in [-0.2, 0) is 9.53 Å². The minimum absolute atomic E-state index is 0.00446. The zero-order valence-corrected chi connectivity index (χ0v) is 20.8. The molecule has 2 saturated heterocycles. The van der Waals surface area contributed by atoms with Crippen LogP contribution in [0.15, 0.2) is 42.5 Å². The van der Waals surface area contributed by atoms with Gasteiger partial charge in [-0.1, -0.05) is 13.8 Å². The number of methoxy groups -OCH3 is 2. The third kappa shape index (κ3) is 5.64. The lowest BCUT2D eigenvalue weighted by atomic mass is 9.87. The zero-order valence-electron chi connectivity index (χ0n) is 20.8. The van der Waals surface area contributed by atoms with Crippen LogP contribution in [0.4, 0.5) is 15.8 Å². The topological polar surface area (TPSA) is 71.5 Å². The number of piperidine rings is 1. The lowest BCUT2D eigenvalue weighted by Crippen LogP contribution is -2.50. The molecule has 7 nitrogen and oxygen atoms in total. The van der Waals surface area contributed by atoms with Crippen molar-refractivity contribution in [1.29, 1.82) is 0 Å². The molecule has 0 amide bonds. The van der Waals surface area contributed by atoms with Gasteiger partial charge < -0.3 is 29.1 Å². The molecule has 0 aromatic heterocycles. The maximum Gasteiger partial charge on any atom is 0.305 e. The van der Waals surface area contributed by atoms with Gasteiger partial charge in [0.05, 0.1) is 25.3 Å². The number of hydrogen-bond acceptors (Lipinski definition) is 6. The van der Waals surface area contributed by atoms with Crippen LogP contribution < -0.4 is 19.3 Å². The number of carboxylic acid groups (broad SMARTS) is 1. The van der Waals surface area contributed by atoms with Gasteiger partial charge >= 0.3 is 5.97 Å². The Balaban J connectivity index is 1.42. The summed E-state index contributed by atoms with van der Waals surface area (Å²) < 4.78 is 31.7. The Bertz CT molecular complexity index is 1010. The molecule has 0 aliphatic carbocycles. The van der Waals surface area contributed by atoms with Crippen molar-refractivity contribution in [1.82, 2.24) is 0 Å². The van der Waals surface area contributed by atoms with Crippen molar-refractivity contribution in [2.45, 2.75) is 44.9 Å². The highest BCUT2D eigenvalue weighted by Crippen LogP contribution is 2.34. The number of anilines is 2. The molecule has 0 radical (unpaired) electrons. The summed E-state index contributed by atoms with van der Waals surface area (Å²) in [5, 5.41) is 9.29. The number of hydrogen-bond donors (Lipinski definition) is 1. The van der Waals surface area contributed by atoms with Crippen molar-refractivity contribution in [3.05, 3.63) is 48.3 Å². The van der Waals surface area contributed by atoms with Gasteiger partial charge in [-0.15, -0.1) is 0 Å². The molecular formula is C27H35FN2O5. The van der Waals surface area contributed by atoms with E-state index in [4.69, 9.17) is 14.2 Å². The summed E-state index contributed by atoms with van der Waals surface area (Å²) in [4.78, 5) is 15.5. The molecule has 2 heterocycles. The smallest absolute Gasteiger partial charge is 0.305 e. The lowest BCUT2D eigenvalue weighted by Gasteiger charge is -2.42. The van der Waals surface area contributed by atoms with Crippen molar-refractivity contribution in [3.8, 4) is 11.5 Å². The van der Waals surface area contributed by atoms with Gasteiger partial charge in [-0.05, 0) is 42.8 Å². The first-order valence-corrected chi connectivity index (χ1v) is 12.2. The first-order valence-electron chi connectivity index (χ1n) is 12.2. The zero-order chi connectivity index (χ0) is 25.1. The Hall–Kier alpha value is -3.00. The predicted molar refractivity (Wildman–Crippen MR) is 133 cm³/mol. The Morgan fingerprint density at radius 1 is 1.03 bits per heavy atom. The molecule has 190 valence electrons. The molecular weight excluding hydrogens is 451 g/mol. The second-order valence-electron chi connectivity index (χ2n) is 9.75. The third-order valence-corrected chi connectivity index (χ3v) is 7.19. The Morgan fingerprint density at radius 2 is 1.69 bits per heavy atom. The van der Waals surface area contributed by atoms with Crippen LogP contribution in [0.2, 0.25) is 0 Å². The maximum atomic E-state index is 14.5. The van der Waals surface area contributed by atoms with Crippen molar-refractivity contribution in [2.24, 2.45) is 11.8 Å². The van der Waals surface area contributed by atoms with E-state index in [1.165, 1.54) is 6.07 Å². The Morgan fingerprint density at radius 3 is 2.29 bits per heavy atom. The summed E-state index contributed by atoms with van der Waals surface area (Å²) in [6.07, 6.45) is 0.800. The van der Waals surface area contributed by atoms with Gasteiger partial charge in [0.15, 0.2) is 0 Å². The van der Waals surface area contributed by atoms with E-state index in [-0.39, 0.29) is 42.3 Å². The third-order valence-electron chi connectivity index (χ3n) is 7.19. The van der Waals surface area contributed by atoms with E-state index < -0.39 is 5.97 Å². The SMILES string of the molecule is COc1ccc(F)c(N2CC(C)C(Oc3ccc(N4C[C@H](OC)C[C@@H]4CC(=O)O)cc3)[C@H](C)C2)c1. The summed E-state index contributed by atoms with van der Waals surface area (Å²) in [6.45, 7) is 6.29. The van der Waals surface area contributed by atoms with Gasteiger partial charge in [0.2, 0.25) is 0 Å². The number of carbonyl (C=O) groups is 1. The van der Waals surface area contributed by atoms with Crippen molar-refractivity contribution in [3.63, 3.8) is 0 Å². The molecule has 2 aromatic rings. The van der Waals surface area contributed by atoms with Crippen molar-refractivity contribution in [2.75, 3.05) is 43.7 Å². The van der Waals surface area contributed by atoms with Crippen LogP contribution in [0.3, 0.4) is 0 Å². The summed E-state index contributed by atoms with van der Waals surface area (Å²) in [7, 11) is 3.25. The highest BCUT2D eigenvalue weighted by molar-refractivity contribution is 5.69. The first-order chi connectivity index (χ1) is 16.8. The molecule has 1 N–H and O–H groups in total. The summed E-state index contributed by atoms with van der Waals surface area (Å²) in [6, 6.07) is 12.6. The van der Waals surface area contributed by atoms with Gasteiger partial charge in [-0.3, -0.25) is 4.79 Å². The van der Waals surface area contributed by atoms with E-state index >= 15 is 0 Å². The molecule has 0 spiro atoms. The monoisotopic (exact) mass is 486 g/mol. The molecule has 35 heavy (non-hydrogen) atoms. The molecule has 2 aromatic carbocycles. The van der Waals surface area contributed by atoms with Crippen LogP contribution in [0, 0.1) is 17.7 Å². The standard InChI is InChI=1S/C27H35FN2O5/c1-17-14-29(25-13-22(33-3)9-10-24(25)28)15-18(2)27(17)35-21-7-5-19(6-8-21)30-16-23(34-4)11-20(30)12-26(31)32/h5-10,13,17-18,20,23,27H,11-12,14-16H2,1-4H3,(H,31,32)/t17-,18?,20-,23-,27?/m1/s1. The van der Waals surface area contributed by atoms with Gasteiger partial charge in [-0.25, -0.2) is 4.39 Å². The van der Waals surface area contributed by atoms with Crippen LogP contribution in [0.5, 0.6) is 11.5 Å². The van der Waals surface area contributed by atoms with Gasteiger partial charge in [0, 0.05) is 56.4 Å². The number of ether oxygens (including phenoxy) is 3. The predicted octanol–water partition coefficient (Wildman–Crippen LogP) is 4.44. The lowest BCUT2D eigenvalue weighted by molar-refractivity contribution is -0.137. The number of benzene rings is 2. The van der Waals surface area contributed by atoms with E-state index in [9.17, 15) is 14.3 Å². The minimum atomic E-state index is -0.806. The average Bonchev–Trinajstić information content (AvgIpc) is 3.24. The highest BCUT2D eigenvalue weighted by atomic mass is 19.1. The molecule has 5 atom stereocenters. The second-order valence-corrected chi connectivity index (χ2v) is 9.75. The molecule has 2 aliphatic heterocycles. The largest absolute Gasteiger partial charge is 0.497 e. The molecule has 8 heteroatoms. The number of nitrogens with zero attached hydrogens (tertiary/aromatic N) is 2. The molecule has 2 unspecified atom stereocenters. The fraction of sp³-hybridized carbons (Fsp3) is 0.519. The maximum absolute atomic E-state index is 14.5. The normalized spacial score (nSPS) is 26.6. The van der Waals surface area contributed by atoms with Crippen LogP contribution in [0.25, 0.3) is 0 Å². The van der Waals surface area contributed by atoms with Gasteiger partial charge in [0.1, 0.15) is 23.4 Å². The fourth-order valence-electron chi connectivity index (χ4n) is 5.46. The molecule has 2 aliphatic rings. The van der Waals surface area contributed by atoms with E-state index in [2.05, 4.69) is 23.6 Å². The van der Waals surface area contributed by atoms with E-state index in [1.807, 2.05) is 24.3 Å². The quantitative estimate of drug-likeness (QED) is 0.591. The van der Waals surface area contributed by atoms with Gasteiger partial charge in [-0.2, -0.15) is 0 Å². The van der Waals surface area contributed by atoms with Crippen molar-refractivity contribution < 1.29 is 28.5 Å². The van der Waals surface area contributed by atoms with Crippen LogP contribution >= 0.6 is 0 Å². The summed E-state index contributed by atoms with van der Waals surface area (Å²) in [5.41, 5.74) is 1.52. The number of halogens is 1. The van der Waals surface area contributed by atoms with E-state index in [1.54, 1.807) is 26.4 Å². The molecule has 2 fully saturated rings. The first kappa shape index (κ1) is 25.1. The summed E-state index contributed by atoms with van der Waals surface area (Å²) in [5.74, 6) is 0.727. The van der Waals surface area contributed by atoms with Crippen LogP contribution in [-0.4, -0.2) is 63.2 Å². The Kier molecular flexibility index (Phi) is 7.69. The molecule has 0 saturated carbocycles. The fourth-order valence-corrected chi connectivity index (χ4v) is 5.46. The number of rotatable bonds is 8. The van der Waals surface area contributed by atoms with Crippen LogP contribution in [0.1, 0.15) is 26.7 Å². The molecule has 0 bridgehead atoms. The minimum Gasteiger partial charge on any atom is -0.497 e. The van der Waals surface area contributed by atoms with E-state index in [0.29, 0.717) is 37.5 Å². The average molecular weight is 487 g/mol.